The van der Waals surface area contributed by atoms with Gasteiger partial charge in [0, 0.05) is 18.5 Å². The minimum Gasteiger partial charge on any atom is -0.496 e. The normalized spacial score (nSPS) is 10.9. The topological polar surface area (TPSA) is 81.7 Å². The van der Waals surface area contributed by atoms with E-state index in [2.05, 4.69) is 15.4 Å². The lowest BCUT2D eigenvalue weighted by molar-refractivity contribution is 0.0923. The van der Waals surface area contributed by atoms with Crippen molar-refractivity contribution in [2.75, 3.05) is 7.11 Å². The van der Waals surface area contributed by atoms with E-state index in [0.717, 1.165) is 16.9 Å². The SMILES string of the molecule is COc1ccccc1CNC(=O)c1oc2ncnn2c1Cc1ccccc1. The zero-order valence-electron chi connectivity index (χ0n) is 14.8. The standard InChI is InChI=1S/C20H18N4O3/c1-26-17-10-6-5-9-15(17)12-21-19(25)18-16(11-14-7-3-2-4-8-14)24-20(27-18)22-13-23-24/h2-10,13H,11-12H2,1H3,(H,21,25). The van der Waals surface area contributed by atoms with Crippen molar-refractivity contribution in [3.05, 3.63) is 83.5 Å². The number of aromatic nitrogens is 3. The maximum absolute atomic E-state index is 12.8. The smallest absolute Gasteiger partial charge is 0.325 e. The Morgan fingerprint density at radius 3 is 2.74 bits per heavy atom. The van der Waals surface area contributed by atoms with Gasteiger partial charge in [-0.15, -0.1) is 0 Å². The Kier molecular flexibility index (Phi) is 4.57. The van der Waals surface area contributed by atoms with Crippen molar-refractivity contribution in [1.82, 2.24) is 19.9 Å². The maximum atomic E-state index is 12.8. The lowest BCUT2D eigenvalue weighted by Gasteiger charge is -2.09. The highest BCUT2D eigenvalue weighted by Crippen LogP contribution is 2.20. The summed E-state index contributed by atoms with van der Waals surface area (Å²) in [6, 6.07) is 17.4. The second-order valence-corrected chi connectivity index (χ2v) is 5.99. The van der Waals surface area contributed by atoms with Crippen LogP contribution in [0, 0.1) is 0 Å². The van der Waals surface area contributed by atoms with Crippen LogP contribution in [0.15, 0.2) is 65.3 Å². The Labute approximate surface area is 155 Å². The van der Waals surface area contributed by atoms with Gasteiger partial charge < -0.3 is 14.5 Å². The molecule has 0 saturated heterocycles. The summed E-state index contributed by atoms with van der Waals surface area (Å²) in [4.78, 5) is 16.8. The number of para-hydroxylation sites is 1. The first-order chi connectivity index (χ1) is 13.3. The third-order valence-corrected chi connectivity index (χ3v) is 4.28. The summed E-state index contributed by atoms with van der Waals surface area (Å²) in [5, 5.41) is 7.06. The van der Waals surface area contributed by atoms with E-state index in [0.29, 0.717) is 24.5 Å². The average Bonchev–Trinajstić information content (AvgIpc) is 3.30. The highest BCUT2D eigenvalue weighted by atomic mass is 16.5. The fourth-order valence-electron chi connectivity index (χ4n) is 2.96. The summed E-state index contributed by atoms with van der Waals surface area (Å²) >= 11 is 0. The van der Waals surface area contributed by atoms with Crippen LogP contribution in [-0.2, 0) is 13.0 Å². The van der Waals surface area contributed by atoms with E-state index in [1.807, 2.05) is 54.6 Å². The second kappa shape index (κ2) is 7.33. The molecule has 4 rings (SSSR count). The number of methoxy groups -OCH3 is 1. The Bertz CT molecular complexity index is 1070. The summed E-state index contributed by atoms with van der Waals surface area (Å²) in [6.45, 7) is 0.323. The number of nitrogens with one attached hydrogen (secondary N) is 1. The first kappa shape index (κ1) is 16.8. The number of carbonyl (C=O) groups excluding carboxylic acids is 1. The van der Waals surface area contributed by atoms with Crippen molar-refractivity contribution >= 4 is 11.8 Å². The van der Waals surface area contributed by atoms with Gasteiger partial charge in [-0.3, -0.25) is 4.79 Å². The number of fused-ring (bicyclic) bond motifs is 1. The van der Waals surface area contributed by atoms with Crippen LogP contribution in [0.2, 0.25) is 0 Å². The molecular formula is C20H18N4O3. The Hall–Kier alpha value is -3.61. The molecule has 2 heterocycles. The van der Waals surface area contributed by atoms with Crippen LogP contribution in [0.25, 0.3) is 5.84 Å². The Balaban J connectivity index is 1.60. The molecule has 2 aromatic heterocycles. The van der Waals surface area contributed by atoms with Gasteiger partial charge in [0.1, 0.15) is 17.8 Å². The summed E-state index contributed by atoms with van der Waals surface area (Å²) in [5.41, 5.74) is 2.59. The zero-order chi connectivity index (χ0) is 18.6. The van der Waals surface area contributed by atoms with Gasteiger partial charge in [0.15, 0.2) is 0 Å². The van der Waals surface area contributed by atoms with Crippen molar-refractivity contribution in [1.29, 1.82) is 0 Å². The van der Waals surface area contributed by atoms with E-state index in [4.69, 9.17) is 9.15 Å². The van der Waals surface area contributed by atoms with Gasteiger partial charge in [-0.05, 0) is 11.6 Å². The number of benzene rings is 2. The van der Waals surface area contributed by atoms with E-state index in [9.17, 15) is 4.79 Å². The monoisotopic (exact) mass is 362 g/mol. The number of hydrogen-bond donors (Lipinski definition) is 1. The molecule has 0 aliphatic heterocycles. The predicted molar refractivity (Wildman–Crippen MR) is 98.7 cm³/mol. The lowest BCUT2D eigenvalue weighted by Crippen LogP contribution is -2.24. The van der Waals surface area contributed by atoms with Crippen molar-refractivity contribution in [3.63, 3.8) is 0 Å². The number of nitrogens with zero attached hydrogens (tertiary/aromatic N) is 3. The van der Waals surface area contributed by atoms with Gasteiger partial charge in [0.25, 0.3) is 5.91 Å². The van der Waals surface area contributed by atoms with Gasteiger partial charge >= 0.3 is 5.84 Å². The Morgan fingerprint density at radius 1 is 1.15 bits per heavy atom. The van der Waals surface area contributed by atoms with E-state index in [1.54, 1.807) is 11.6 Å². The molecule has 0 unspecified atom stereocenters. The number of rotatable bonds is 6. The van der Waals surface area contributed by atoms with Crippen LogP contribution in [0.4, 0.5) is 0 Å². The second-order valence-electron chi connectivity index (χ2n) is 5.99. The number of hydrogen-bond acceptors (Lipinski definition) is 5. The van der Waals surface area contributed by atoms with Crippen molar-refractivity contribution in [2.24, 2.45) is 0 Å². The average molecular weight is 362 g/mol. The van der Waals surface area contributed by atoms with E-state index < -0.39 is 0 Å². The molecule has 7 heteroatoms. The molecule has 136 valence electrons. The minimum absolute atomic E-state index is 0.212. The predicted octanol–water partition coefficient (Wildman–Crippen LogP) is 2.85. The molecule has 0 spiro atoms. The first-order valence-corrected chi connectivity index (χ1v) is 8.51. The largest absolute Gasteiger partial charge is 0.496 e. The van der Waals surface area contributed by atoms with Crippen LogP contribution in [-0.4, -0.2) is 27.6 Å². The summed E-state index contributed by atoms with van der Waals surface area (Å²) in [7, 11) is 1.60. The molecule has 4 aromatic rings. The van der Waals surface area contributed by atoms with Crippen molar-refractivity contribution < 1.29 is 13.9 Å². The van der Waals surface area contributed by atoms with Crippen LogP contribution in [0.1, 0.15) is 27.4 Å². The molecule has 0 aliphatic carbocycles. The molecule has 27 heavy (non-hydrogen) atoms. The van der Waals surface area contributed by atoms with Crippen molar-refractivity contribution in [3.8, 4) is 5.75 Å². The molecule has 0 bridgehead atoms. The van der Waals surface area contributed by atoms with Gasteiger partial charge in [0.05, 0.1) is 7.11 Å². The highest BCUT2D eigenvalue weighted by Gasteiger charge is 2.22. The van der Waals surface area contributed by atoms with Gasteiger partial charge in [-0.2, -0.15) is 14.6 Å². The third-order valence-electron chi connectivity index (χ3n) is 4.28. The molecule has 0 radical (unpaired) electrons. The summed E-state index contributed by atoms with van der Waals surface area (Å²) < 4.78 is 12.5. The number of ether oxygens (including phenoxy) is 1. The quantitative estimate of drug-likeness (QED) is 0.570. The molecule has 1 N–H and O–H groups in total. The minimum atomic E-state index is -0.320. The van der Waals surface area contributed by atoms with Gasteiger partial charge in [0.2, 0.25) is 5.76 Å². The third kappa shape index (κ3) is 3.39. The van der Waals surface area contributed by atoms with E-state index in [-0.39, 0.29) is 11.7 Å². The van der Waals surface area contributed by atoms with Crippen LogP contribution in [0.3, 0.4) is 0 Å². The molecule has 2 aromatic carbocycles. The number of carbonyl (C=O) groups is 1. The molecule has 7 nitrogen and oxygen atoms in total. The first-order valence-electron chi connectivity index (χ1n) is 8.51. The number of amides is 1. The van der Waals surface area contributed by atoms with Crippen molar-refractivity contribution in [2.45, 2.75) is 13.0 Å². The molecule has 0 aliphatic rings. The molecule has 1 amide bonds. The highest BCUT2D eigenvalue weighted by molar-refractivity contribution is 5.93. The number of oxazole rings is 1. The molecule has 0 atom stereocenters. The Morgan fingerprint density at radius 2 is 1.93 bits per heavy atom. The van der Waals surface area contributed by atoms with Gasteiger partial charge in [-0.1, -0.05) is 48.5 Å². The van der Waals surface area contributed by atoms with Crippen LogP contribution < -0.4 is 10.1 Å². The maximum Gasteiger partial charge on any atom is 0.325 e. The lowest BCUT2D eigenvalue weighted by atomic mass is 10.1. The van der Waals surface area contributed by atoms with Crippen LogP contribution in [0.5, 0.6) is 5.75 Å². The molecular weight excluding hydrogens is 344 g/mol. The summed E-state index contributed by atoms with van der Waals surface area (Å²) in [6.07, 6.45) is 1.92. The summed E-state index contributed by atoms with van der Waals surface area (Å²) in [5.74, 6) is 0.907. The van der Waals surface area contributed by atoms with E-state index >= 15 is 0 Å². The molecule has 0 saturated carbocycles. The van der Waals surface area contributed by atoms with Crippen LogP contribution >= 0.6 is 0 Å². The zero-order valence-corrected chi connectivity index (χ0v) is 14.8. The fourth-order valence-corrected chi connectivity index (χ4v) is 2.96. The fraction of sp³-hybridized carbons (Fsp3) is 0.150. The van der Waals surface area contributed by atoms with Gasteiger partial charge in [-0.25, -0.2) is 0 Å². The van der Waals surface area contributed by atoms with E-state index in [1.165, 1.54) is 6.33 Å². The molecule has 0 fully saturated rings.